The van der Waals surface area contributed by atoms with Crippen molar-refractivity contribution in [1.82, 2.24) is 9.88 Å². The number of fused-ring (bicyclic) bond motifs is 2. The predicted molar refractivity (Wildman–Crippen MR) is 119 cm³/mol. The first kappa shape index (κ1) is 21.0. The summed E-state index contributed by atoms with van der Waals surface area (Å²) in [5, 5.41) is 8.44. The third-order valence-corrected chi connectivity index (χ3v) is 5.86. The molecule has 0 aliphatic carbocycles. The Bertz CT molecular complexity index is 1090. The molecule has 31 heavy (non-hydrogen) atoms. The van der Waals surface area contributed by atoms with Gasteiger partial charge in [-0.25, -0.2) is 4.98 Å². The summed E-state index contributed by atoms with van der Waals surface area (Å²) >= 11 is 0. The Morgan fingerprint density at radius 3 is 2.68 bits per heavy atom. The first-order chi connectivity index (χ1) is 14.6. The lowest BCUT2D eigenvalue weighted by Gasteiger charge is -2.38. The fraction of sp³-hybridized carbons (Fsp3) is 0.417. The molecule has 2 aliphatic heterocycles. The highest BCUT2D eigenvalue weighted by molar-refractivity contribution is 6.06. The van der Waals surface area contributed by atoms with E-state index in [0.29, 0.717) is 29.2 Å². The minimum absolute atomic E-state index is 0.0819. The number of likely N-dealkylation sites (N-methyl/N-ethyl adjacent to an activating group) is 1. The van der Waals surface area contributed by atoms with Crippen molar-refractivity contribution in [2.75, 3.05) is 18.5 Å². The SMILES string of the molecule is CCc1ccc2c(n1)C(=N)N(CC(=O)c1ccc3c(c1)N(C)C(=O)C(C(C)(C)C)O3)C2. The monoisotopic (exact) mass is 420 g/mol. The number of amidine groups is 1. The van der Waals surface area contributed by atoms with Gasteiger partial charge in [0.15, 0.2) is 11.9 Å². The maximum absolute atomic E-state index is 13.0. The molecule has 0 spiro atoms. The van der Waals surface area contributed by atoms with Crippen LogP contribution in [-0.4, -0.2) is 47.1 Å². The molecule has 2 aliphatic rings. The van der Waals surface area contributed by atoms with Gasteiger partial charge in [0.1, 0.15) is 17.3 Å². The van der Waals surface area contributed by atoms with Crippen LogP contribution in [0.1, 0.15) is 55.0 Å². The number of aryl methyl sites for hydroxylation is 1. The van der Waals surface area contributed by atoms with E-state index in [2.05, 4.69) is 4.98 Å². The number of carbonyl (C=O) groups is 2. The fourth-order valence-corrected chi connectivity index (χ4v) is 3.96. The fourth-order valence-electron chi connectivity index (χ4n) is 3.96. The van der Waals surface area contributed by atoms with Crippen LogP contribution in [0, 0.1) is 10.8 Å². The Labute approximate surface area is 182 Å². The van der Waals surface area contributed by atoms with Crippen LogP contribution < -0.4 is 9.64 Å². The standard InChI is InChI=1S/C24H28N4O3/c1-6-16-9-7-15-12-28(22(25)20(15)26-16)13-18(29)14-8-10-19-17(11-14)27(5)23(30)21(31-19)24(2,3)4/h7-11,21,25H,6,12-13H2,1-5H3. The van der Waals surface area contributed by atoms with E-state index in [0.717, 1.165) is 17.7 Å². The minimum atomic E-state index is -0.573. The van der Waals surface area contributed by atoms with E-state index in [4.69, 9.17) is 10.1 Å². The van der Waals surface area contributed by atoms with Crippen LogP contribution in [0.5, 0.6) is 5.75 Å². The predicted octanol–water partition coefficient (Wildman–Crippen LogP) is 3.44. The number of rotatable bonds is 4. The quantitative estimate of drug-likeness (QED) is 0.766. The molecule has 1 atom stereocenters. The van der Waals surface area contributed by atoms with Crippen LogP contribution in [0.25, 0.3) is 0 Å². The summed E-state index contributed by atoms with van der Waals surface area (Å²) in [6.45, 7) is 8.50. The molecule has 1 amide bonds. The smallest absolute Gasteiger partial charge is 0.268 e. The van der Waals surface area contributed by atoms with Crippen molar-refractivity contribution >= 4 is 23.2 Å². The highest BCUT2D eigenvalue weighted by Gasteiger charge is 2.40. The number of anilines is 1. The second kappa shape index (κ2) is 7.48. The molecular weight excluding hydrogens is 392 g/mol. The summed E-state index contributed by atoms with van der Waals surface area (Å²) in [7, 11) is 1.71. The number of nitrogens with zero attached hydrogens (tertiary/aromatic N) is 3. The van der Waals surface area contributed by atoms with Gasteiger partial charge in [0.25, 0.3) is 5.91 Å². The average molecular weight is 421 g/mol. The summed E-state index contributed by atoms with van der Waals surface area (Å²) in [5.74, 6) is 0.630. The van der Waals surface area contributed by atoms with Crippen LogP contribution in [0.3, 0.4) is 0 Å². The lowest BCUT2D eigenvalue weighted by atomic mass is 9.87. The van der Waals surface area contributed by atoms with Crippen molar-refractivity contribution < 1.29 is 14.3 Å². The van der Waals surface area contributed by atoms with Gasteiger partial charge < -0.3 is 14.5 Å². The lowest BCUT2D eigenvalue weighted by molar-refractivity contribution is -0.130. The summed E-state index contributed by atoms with van der Waals surface area (Å²) in [4.78, 5) is 33.7. The van der Waals surface area contributed by atoms with Crippen LogP contribution >= 0.6 is 0 Å². The largest absolute Gasteiger partial charge is 0.478 e. The lowest BCUT2D eigenvalue weighted by Crippen LogP contribution is -2.50. The summed E-state index contributed by atoms with van der Waals surface area (Å²) in [6.07, 6.45) is 0.231. The second-order valence-electron chi connectivity index (χ2n) is 9.24. The molecule has 0 saturated carbocycles. The van der Waals surface area contributed by atoms with E-state index in [1.807, 2.05) is 39.8 Å². The van der Waals surface area contributed by atoms with Gasteiger partial charge in [0.2, 0.25) is 0 Å². The first-order valence-corrected chi connectivity index (χ1v) is 10.5. The van der Waals surface area contributed by atoms with Gasteiger partial charge in [-0.05, 0) is 30.7 Å². The van der Waals surface area contributed by atoms with Crippen LogP contribution in [-0.2, 0) is 17.8 Å². The Morgan fingerprint density at radius 2 is 2.00 bits per heavy atom. The van der Waals surface area contributed by atoms with Crippen LogP contribution in [0.4, 0.5) is 5.69 Å². The molecule has 0 fully saturated rings. The van der Waals surface area contributed by atoms with Crippen molar-refractivity contribution in [2.45, 2.75) is 46.8 Å². The highest BCUT2D eigenvalue weighted by Crippen LogP contribution is 2.38. The van der Waals surface area contributed by atoms with Crippen molar-refractivity contribution in [1.29, 1.82) is 5.41 Å². The molecular formula is C24H28N4O3. The zero-order valence-electron chi connectivity index (χ0n) is 18.7. The van der Waals surface area contributed by atoms with E-state index >= 15 is 0 Å². The van der Waals surface area contributed by atoms with E-state index in [-0.39, 0.29) is 29.5 Å². The van der Waals surface area contributed by atoms with Gasteiger partial charge in [-0.1, -0.05) is 33.8 Å². The van der Waals surface area contributed by atoms with Crippen molar-refractivity contribution in [3.8, 4) is 5.75 Å². The van der Waals surface area contributed by atoms with Crippen molar-refractivity contribution in [3.05, 3.63) is 52.8 Å². The van der Waals surface area contributed by atoms with Crippen LogP contribution in [0.2, 0.25) is 0 Å². The van der Waals surface area contributed by atoms with E-state index in [9.17, 15) is 9.59 Å². The Hall–Kier alpha value is -3.22. The third kappa shape index (κ3) is 3.69. The third-order valence-electron chi connectivity index (χ3n) is 5.86. The van der Waals surface area contributed by atoms with Crippen molar-refractivity contribution in [3.63, 3.8) is 0 Å². The first-order valence-electron chi connectivity index (χ1n) is 10.5. The van der Waals surface area contributed by atoms with Gasteiger partial charge in [0.05, 0.1) is 12.2 Å². The summed E-state index contributed by atoms with van der Waals surface area (Å²) in [5.41, 5.74) is 3.30. The molecule has 1 aromatic carbocycles. The number of nitrogens with one attached hydrogen (secondary N) is 1. The van der Waals surface area contributed by atoms with Crippen molar-refractivity contribution in [2.24, 2.45) is 5.41 Å². The zero-order chi connectivity index (χ0) is 22.5. The number of hydrogen-bond donors (Lipinski definition) is 1. The molecule has 162 valence electrons. The number of aromatic nitrogens is 1. The summed E-state index contributed by atoms with van der Waals surface area (Å²) < 4.78 is 5.97. The number of hydrogen-bond acceptors (Lipinski definition) is 5. The van der Waals surface area contributed by atoms with E-state index in [1.54, 1.807) is 35.0 Å². The number of ketones is 1. The van der Waals surface area contributed by atoms with Gasteiger partial charge in [0, 0.05) is 35.8 Å². The Morgan fingerprint density at radius 1 is 1.26 bits per heavy atom. The molecule has 1 N–H and O–H groups in total. The number of benzene rings is 1. The zero-order valence-corrected chi connectivity index (χ0v) is 18.7. The maximum atomic E-state index is 13.0. The number of ether oxygens (including phenoxy) is 1. The number of carbonyl (C=O) groups excluding carboxylic acids is 2. The molecule has 3 heterocycles. The topological polar surface area (TPSA) is 86.6 Å². The molecule has 0 saturated heterocycles. The van der Waals surface area contributed by atoms with E-state index in [1.165, 1.54) is 0 Å². The molecule has 7 heteroatoms. The normalized spacial score (nSPS) is 18.0. The molecule has 1 aromatic heterocycles. The maximum Gasteiger partial charge on any atom is 0.268 e. The average Bonchev–Trinajstić information content (AvgIpc) is 3.04. The Balaban J connectivity index is 1.54. The van der Waals surface area contributed by atoms with Gasteiger partial charge in [-0.15, -0.1) is 0 Å². The van der Waals surface area contributed by atoms with Crippen LogP contribution in [0.15, 0.2) is 30.3 Å². The van der Waals surface area contributed by atoms with Gasteiger partial charge in [-0.3, -0.25) is 15.0 Å². The van der Waals surface area contributed by atoms with E-state index < -0.39 is 6.10 Å². The number of Topliss-reactive ketones (excluding diaryl/α,β-unsaturated/α-hetero) is 1. The highest BCUT2D eigenvalue weighted by atomic mass is 16.5. The Kier molecular flexibility index (Phi) is 5.07. The number of amides is 1. The minimum Gasteiger partial charge on any atom is -0.478 e. The molecule has 1 unspecified atom stereocenters. The molecule has 0 bridgehead atoms. The second-order valence-corrected chi connectivity index (χ2v) is 9.24. The van der Waals surface area contributed by atoms with Gasteiger partial charge in [-0.2, -0.15) is 0 Å². The van der Waals surface area contributed by atoms with Gasteiger partial charge >= 0.3 is 0 Å². The number of pyridine rings is 1. The molecule has 4 rings (SSSR count). The molecule has 0 radical (unpaired) electrons. The summed E-state index contributed by atoms with van der Waals surface area (Å²) in [6, 6.07) is 9.14. The molecule has 7 nitrogen and oxygen atoms in total. The molecule has 2 aromatic rings.